The van der Waals surface area contributed by atoms with Gasteiger partial charge in [-0.2, -0.15) is 0 Å². The first-order valence-corrected chi connectivity index (χ1v) is 8.95. The van der Waals surface area contributed by atoms with Gasteiger partial charge in [-0.15, -0.1) is 0 Å². The van der Waals surface area contributed by atoms with E-state index in [2.05, 4.69) is 0 Å². The molecule has 0 radical (unpaired) electrons. The van der Waals surface area contributed by atoms with E-state index in [0.29, 0.717) is 11.3 Å². The molecule has 5 nitrogen and oxygen atoms in total. The fraction of sp³-hybridized carbons (Fsp3) is 0.500. The Balaban J connectivity index is 1.84. The Morgan fingerprint density at radius 3 is 2.64 bits per heavy atom. The highest BCUT2D eigenvalue weighted by Gasteiger charge is 2.21. The van der Waals surface area contributed by atoms with Gasteiger partial charge in [-0.1, -0.05) is 6.92 Å². The molecule has 5 heteroatoms. The molecule has 2 unspecified atom stereocenters. The van der Waals surface area contributed by atoms with Crippen LogP contribution in [0.2, 0.25) is 0 Å². The van der Waals surface area contributed by atoms with Gasteiger partial charge in [0.2, 0.25) is 0 Å². The van der Waals surface area contributed by atoms with E-state index in [1.807, 2.05) is 26.0 Å². The third kappa shape index (κ3) is 3.70. The Bertz CT molecular complexity index is 836. The van der Waals surface area contributed by atoms with Gasteiger partial charge < -0.3 is 13.9 Å². The van der Waals surface area contributed by atoms with Gasteiger partial charge in [0.25, 0.3) is 0 Å². The molecule has 2 atom stereocenters. The minimum absolute atomic E-state index is 0.139. The molecular weight excluding hydrogens is 320 g/mol. The van der Waals surface area contributed by atoms with Crippen LogP contribution in [0.1, 0.15) is 51.2 Å². The molecule has 1 heterocycles. The molecule has 3 rings (SSSR count). The number of fused-ring (bicyclic) bond motifs is 3. The van der Waals surface area contributed by atoms with Gasteiger partial charge in [-0.3, -0.25) is 0 Å². The van der Waals surface area contributed by atoms with Crippen molar-refractivity contribution in [1.82, 2.24) is 0 Å². The zero-order valence-corrected chi connectivity index (χ0v) is 15.0. The van der Waals surface area contributed by atoms with Gasteiger partial charge in [-0.05, 0) is 63.6 Å². The Morgan fingerprint density at radius 1 is 1.20 bits per heavy atom. The van der Waals surface area contributed by atoms with E-state index in [-0.39, 0.29) is 11.7 Å². The number of rotatable bonds is 5. The lowest BCUT2D eigenvalue weighted by Crippen LogP contribution is -2.29. The smallest absolute Gasteiger partial charge is 0.347 e. The molecule has 0 amide bonds. The molecule has 134 valence electrons. The Kier molecular flexibility index (Phi) is 5.11. The van der Waals surface area contributed by atoms with E-state index in [9.17, 15) is 9.59 Å². The molecule has 2 aromatic rings. The summed E-state index contributed by atoms with van der Waals surface area (Å²) >= 11 is 0. The summed E-state index contributed by atoms with van der Waals surface area (Å²) in [5.74, 6) is 0.0846. The number of benzene rings is 1. The zero-order chi connectivity index (χ0) is 18.0. The number of carbonyl (C=O) groups is 1. The number of ether oxygens (including phenoxy) is 2. The first kappa shape index (κ1) is 17.5. The number of hydrogen-bond acceptors (Lipinski definition) is 5. The number of hydrogen-bond donors (Lipinski definition) is 0. The molecule has 0 fully saturated rings. The van der Waals surface area contributed by atoms with E-state index in [0.717, 1.165) is 48.6 Å². The number of esters is 1. The summed E-state index contributed by atoms with van der Waals surface area (Å²) in [6, 6.07) is 5.40. The van der Waals surface area contributed by atoms with Crippen LogP contribution in [0.25, 0.3) is 11.0 Å². The Morgan fingerprint density at radius 2 is 1.92 bits per heavy atom. The first-order chi connectivity index (χ1) is 12.0. The minimum Gasteiger partial charge on any atom is -0.479 e. The van der Waals surface area contributed by atoms with Crippen LogP contribution in [-0.4, -0.2) is 18.2 Å². The zero-order valence-electron chi connectivity index (χ0n) is 15.0. The average molecular weight is 344 g/mol. The summed E-state index contributed by atoms with van der Waals surface area (Å²) in [7, 11) is 0. The maximum absolute atomic E-state index is 12.2. The summed E-state index contributed by atoms with van der Waals surface area (Å²) in [5, 5.41) is 0.955. The van der Waals surface area contributed by atoms with Gasteiger partial charge in [0.15, 0.2) is 6.10 Å². The van der Waals surface area contributed by atoms with Crippen molar-refractivity contribution >= 4 is 16.9 Å². The molecule has 0 spiro atoms. The maximum Gasteiger partial charge on any atom is 0.347 e. The van der Waals surface area contributed by atoms with Gasteiger partial charge in [0.05, 0.1) is 6.10 Å². The Hall–Kier alpha value is -2.30. The lowest BCUT2D eigenvalue weighted by atomic mass is 9.91. The van der Waals surface area contributed by atoms with E-state index >= 15 is 0 Å². The molecule has 25 heavy (non-hydrogen) atoms. The highest BCUT2D eigenvalue weighted by atomic mass is 16.6. The second kappa shape index (κ2) is 7.30. The summed E-state index contributed by atoms with van der Waals surface area (Å²) in [6.45, 7) is 5.45. The van der Waals surface area contributed by atoms with Gasteiger partial charge in [0.1, 0.15) is 11.3 Å². The third-order valence-corrected chi connectivity index (χ3v) is 4.73. The van der Waals surface area contributed by atoms with Crippen LogP contribution in [-0.2, 0) is 22.4 Å². The maximum atomic E-state index is 12.2. The van der Waals surface area contributed by atoms with E-state index in [1.54, 1.807) is 13.0 Å². The average Bonchev–Trinajstić information content (AvgIpc) is 2.61. The van der Waals surface area contributed by atoms with Crippen molar-refractivity contribution in [2.24, 2.45) is 0 Å². The third-order valence-electron chi connectivity index (χ3n) is 4.73. The molecule has 0 aliphatic heterocycles. The largest absolute Gasteiger partial charge is 0.479 e. The van der Waals surface area contributed by atoms with Gasteiger partial charge in [-0.25, -0.2) is 9.59 Å². The summed E-state index contributed by atoms with van der Waals surface area (Å²) in [4.78, 5) is 24.2. The van der Waals surface area contributed by atoms with Crippen molar-refractivity contribution in [3.05, 3.63) is 39.7 Å². The lowest BCUT2D eigenvalue weighted by molar-refractivity contribution is -0.155. The first-order valence-electron chi connectivity index (χ1n) is 8.95. The van der Waals surface area contributed by atoms with Crippen molar-refractivity contribution in [3.8, 4) is 5.75 Å². The van der Waals surface area contributed by atoms with Crippen molar-refractivity contribution in [3.63, 3.8) is 0 Å². The molecule has 1 aromatic carbocycles. The van der Waals surface area contributed by atoms with Crippen molar-refractivity contribution < 1.29 is 18.7 Å². The fourth-order valence-corrected chi connectivity index (χ4v) is 3.13. The summed E-state index contributed by atoms with van der Waals surface area (Å²) in [5.41, 5.74) is 2.14. The minimum atomic E-state index is -0.726. The van der Waals surface area contributed by atoms with Crippen LogP contribution in [0, 0.1) is 0 Å². The predicted octanol–water partition coefficient (Wildman–Crippen LogP) is 3.78. The Labute approximate surface area is 146 Å². The second-order valence-electron chi connectivity index (χ2n) is 6.63. The molecule has 0 saturated carbocycles. The fourth-order valence-electron chi connectivity index (χ4n) is 3.13. The van der Waals surface area contributed by atoms with Crippen LogP contribution in [0.4, 0.5) is 0 Å². The van der Waals surface area contributed by atoms with Crippen LogP contribution >= 0.6 is 0 Å². The van der Waals surface area contributed by atoms with Crippen molar-refractivity contribution in [1.29, 1.82) is 0 Å². The molecule has 1 aromatic heterocycles. The molecule has 1 aliphatic rings. The number of carbonyl (C=O) groups excluding carboxylic acids is 1. The highest BCUT2D eigenvalue weighted by Crippen LogP contribution is 2.29. The topological polar surface area (TPSA) is 65.7 Å². The van der Waals surface area contributed by atoms with Crippen molar-refractivity contribution in [2.75, 3.05) is 0 Å². The molecule has 0 bridgehead atoms. The van der Waals surface area contributed by atoms with E-state index in [1.165, 1.54) is 0 Å². The molecule has 1 aliphatic carbocycles. The molecule has 0 N–H and O–H groups in total. The van der Waals surface area contributed by atoms with Crippen LogP contribution < -0.4 is 10.4 Å². The SMILES string of the molecule is CCC(C)OC(=O)C(C)Oc1ccc2c3c(c(=O)oc2c1)CCCC3. The van der Waals surface area contributed by atoms with Crippen LogP contribution in [0.15, 0.2) is 27.4 Å². The van der Waals surface area contributed by atoms with Crippen LogP contribution in [0.5, 0.6) is 5.75 Å². The van der Waals surface area contributed by atoms with E-state index < -0.39 is 12.1 Å². The summed E-state index contributed by atoms with van der Waals surface area (Å²) in [6.07, 6.45) is 3.68. The normalized spacial score (nSPS) is 16.1. The highest BCUT2D eigenvalue weighted by molar-refractivity contribution is 5.83. The van der Waals surface area contributed by atoms with E-state index in [4.69, 9.17) is 13.9 Å². The van der Waals surface area contributed by atoms with Gasteiger partial charge in [0, 0.05) is 17.0 Å². The van der Waals surface area contributed by atoms with Crippen molar-refractivity contribution in [2.45, 2.75) is 65.1 Å². The monoisotopic (exact) mass is 344 g/mol. The summed E-state index contributed by atoms with van der Waals surface area (Å²) < 4.78 is 16.4. The van der Waals surface area contributed by atoms with Crippen LogP contribution in [0.3, 0.4) is 0 Å². The number of aryl methyl sites for hydroxylation is 1. The quantitative estimate of drug-likeness (QED) is 0.610. The van der Waals surface area contributed by atoms with Gasteiger partial charge >= 0.3 is 11.6 Å². The molecular formula is C20H24O5. The lowest BCUT2D eigenvalue weighted by Gasteiger charge is -2.18. The predicted molar refractivity (Wildman–Crippen MR) is 95.1 cm³/mol. The molecule has 0 saturated heterocycles. The standard InChI is InChI=1S/C20H24O5/c1-4-12(2)23-19(21)13(3)24-14-9-10-16-15-7-5-6-8-17(15)20(22)25-18(16)11-14/h9-13H,4-8H2,1-3H3. The second-order valence-corrected chi connectivity index (χ2v) is 6.63.